The Hall–Kier alpha value is -1.23. The van der Waals surface area contributed by atoms with Gasteiger partial charge in [0, 0.05) is 6.26 Å². The van der Waals surface area contributed by atoms with Gasteiger partial charge in [0.05, 0.1) is 4.90 Å². The van der Waals surface area contributed by atoms with E-state index in [-0.39, 0.29) is 10.6 Å². The first-order valence-corrected chi connectivity index (χ1v) is 5.11. The lowest BCUT2D eigenvalue weighted by molar-refractivity contribution is 0.602. The molecule has 0 aliphatic carbocycles. The van der Waals surface area contributed by atoms with Gasteiger partial charge in [-0.3, -0.25) is 0 Å². The Bertz CT molecular complexity index is 398. The fourth-order valence-electron chi connectivity index (χ4n) is 0.863. The Labute approximate surface area is 70.7 Å². The minimum Gasteiger partial charge on any atom is -0.224 e. The summed E-state index contributed by atoms with van der Waals surface area (Å²) in [6, 6.07) is 6.17. The molecule has 1 aromatic rings. The number of sulfone groups is 1. The Kier molecular flexibility index (Phi) is 2.23. The number of benzene rings is 1. The molecule has 1 aromatic carbocycles. The summed E-state index contributed by atoms with van der Waals surface area (Å²) < 4.78 is 22.1. The summed E-state index contributed by atoms with van der Waals surface area (Å²) in [4.78, 5) is 0.0972. The van der Waals surface area contributed by atoms with Crippen LogP contribution in [0.15, 0.2) is 34.3 Å². The van der Waals surface area contributed by atoms with Crippen LogP contribution in [0.3, 0.4) is 0 Å². The number of rotatable bonds is 2. The molecular formula is C7H8N2O2S. The van der Waals surface area contributed by atoms with E-state index in [2.05, 4.69) is 5.11 Å². The van der Waals surface area contributed by atoms with E-state index in [0.717, 1.165) is 6.26 Å². The van der Waals surface area contributed by atoms with E-state index < -0.39 is 9.84 Å². The van der Waals surface area contributed by atoms with Crippen molar-refractivity contribution >= 4 is 15.5 Å². The first kappa shape index (κ1) is 8.86. The van der Waals surface area contributed by atoms with Crippen molar-refractivity contribution in [2.24, 2.45) is 5.11 Å². The average Bonchev–Trinajstić information content (AvgIpc) is 2.03. The van der Waals surface area contributed by atoms with Crippen LogP contribution in [0.25, 0.3) is 0 Å². The van der Waals surface area contributed by atoms with Crippen LogP contribution in [0.1, 0.15) is 0 Å². The van der Waals surface area contributed by atoms with Crippen molar-refractivity contribution in [1.29, 1.82) is 5.53 Å². The van der Waals surface area contributed by atoms with Crippen molar-refractivity contribution in [1.82, 2.24) is 0 Å². The smallest absolute Gasteiger partial charge is 0.177 e. The predicted octanol–water partition coefficient (Wildman–Crippen LogP) is 1.75. The first-order chi connectivity index (χ1) is 5.55. The highest BCUT2D eigenvalue weighted by atomic mass is 32.2. The molecule has 0 fully saturated rings. The maximum atomic E-state index is 11.1. The van der Waals surface area contributed by atoms with Crippen LogP contribution >= 0.6 is 0 Å². The largest absolute Gasteiger partial charge is 0.224 e. The molecular weight excluding hydrogens is 176 g/mol. The van der Waals surface area contributed by atoms with Gasteiger partial charge in [-0.1, -0.05) is 12.1 Å². The van der Waals surface area contributed by atoms with E-state index >= 15 is 0 Å². The Morgan fingerprint density at radius 1 is 1.33 bits per heavy atom. The molecule has 0 atom stereocenters. The topological polar surface area (TPSA) is 70.3 Å². The van der Waals surface area contributed by atoms with Gasteiger partial charge in [-0.25, -0.2) is 13.9 Å². The van der Waals surface area contributed by atoms with E-state index in [0.29, 0.717) is 0 Å². The van der Waals surface area contributed by atoms with Crippen molar-refractivity contribution in [2.75, 3.05) is 6.26 Å². The van der Waals surface area contributed by atoms with Crippen molar-refractivity contribution in [2.45, 2.75) is 4.90 Å². The Balaban J connectivity index is 3.43. The molecule has 0 heterocycles. The van der Waals surface area contributed by atoms with Crippen LogP contribution in [-0.2, 0) is 9.84 Å². The number of nitrogens with zero attached hydrogens (tertiary/aromatic N) is 1. The summed E-state index contributed by atoms with van der Waals surface area (Å²) >= 11 is 0. The maximum absolute atomic E-state index is 11.1. The summed E-state index contributed by atoms with van der Waals surface area (Å²) in [6.07, 6.45) is 1.09. The predicted molar refractivity (Wildman–Crippen MR) is 44.4 cm³/mol. The molecule has 0 aliphatic heterocycles. The third-order valence-electron chi connectivity index (χ3n) is 1.39. The Morgan fingerprint density at radius 2 is 1.92 bits per heavy atom. The number of para-hydroxylation sites is 1. The van der Waals surface area contributed by atoms with Gasteiger partial charge in [0.25, 0.3) is 0 Å². The third kappa shape index (κ3) is 1.68. The van der Waals surface area contributed by atoms with Crippen molar-refractivity contribution < 1.29 is 8.42 Å². The van der Waals surface area contributed by atoms with Crippen LogP contribution in [0, 0.1) is 5.53 Å². The van der Waals surface area contributed by atoms with Crippen LogP contribution in [0.4, 0.5) is 5.69 Å². The first-order valence-electron chi connectivity index (χ1n) is 3.22. The molecule has 0 unspecified atom stereocenters. The molecule has 0 amide bonds. The van der Waals surface area contributed by atoms with Gasteiger partial charge in [-0.2, -0.15) is 5.11 Å². The number of hydrogen-bond donors (Lipinski definition) is 1. The minimum atomic E-state index is -3.26. The molecule has 5 heteroatoms. The third-order valence-corrected chi connectivity index (χ3v) is 2.53. The summed E-state index contributed by atoms with van der Waals surface area (Å²) in [5, 5.41) is 3.11. The molecule has 0 saturated heterocycles. The molecule has 0 bridgehead atoms. The van der Waals surface area contributed by atoms with E-state index in [9.17, 15) is 8.42 Å². The Morgan fingerprint density at radius 3 is 2.33 bits per heavy atom. The SMILES string of the molecule is CS(=O)(=O)c1ccccc1N=N. The van der Waals surface area contributed by atoms with Crippen molar-refractivity contribution in [3.63, 3.8) is 0 Å². The number of nitrogens with one attached hydrogen (secondary N) is 1. The molecule has 0 radical (unpaired) electrons. The summed E-state index contributed by atoms with van der Waals surface area (Å²) in [5.41, 5.74) is 6.91. The highest BCUT2D eigenvalue weighted by Crippen LogP contribution is 2.22. The highest BCUT2D eigenvalue weighted by molar-refractivity contribution is 7.90. The fourth-order valence-corrected chi connectivity index (χ4v) is 1.68. The van der Waals surface area contributed by atoms with Gasteiger partial charge < -0.3 is 0 Å². The maximum Gasteiger partial charge on any atom is 0.177 e. The second-order valence-corrected chi connectivity index (χ2v) is 4.34. The lowest BCUT2D eigenvalue weighted by Gasteiger charge is -1.99. The fraction of sp³-hybridized carbons (Fsp3) is 0.143. The molecule has 0 spiro atoms. The molecule has 1 rings (SSSR count). The van der Waals surface area contributed by atoms with Gasteiger partial charge in [-0.15, -0.1) is 0 Å². The van der Waals surface area contributed by atoms with Gasteiger partial charge in [0.2, 0.25) is 0 Å². The molecule has 1 N–H and O–H groups in total. The normalized spacial score (nSPS) is 11.1. The number of hydrogen-bond acceptors (Lipinski definition) is 4. The molecule has 12 heavy (non-hydrogen) atoms. The summed E-state index contributed by atoms with van der Waals surface area (Å²) in [5.74, 6) is 0. The zero-order valence-electron chi connectivity index (χ0n) is 6.48. The van der Waals surface area contributed by atoms with Gasteiger partial charge >= 0.3 is 0 Å². The van der Waals surface area contributed by atoms with Crippen molar-refractivity contribution in [3.8, 4) is 0 Å². The molecule has 64 valence electrons. The zero-order valence-corrected chi connectivity index (χ0v) is 7.30. The van der Waals surface area contributed by atoms with Gasteiger partial charge in [0.1, 0.15) is 5.69 Å². The highest BCUT2D eigenvalue weighted by Gasteiger charge is 2.11. The van der Waals surface area contributed by atoms with Gasteiger partial charge in [-0.05, 0) is 12.1 Å². The lowest BCUT2D eigenvalue weighted by Crippen LogP contribution is -1.96. The van der Waals surface area contributed by atoms with E-state index in [1.54, 1.807) is 12.1 Å². The zero-order chi connectivity index (χ0) is 9.19. The average molecular weight is 184 g/mol. The van der Waals surface area contributed by atoms with Gasteiger partial charge in [0.15, 0.2) is 9.84 Å². The van der Waals surface area contributed by atoms with Crippen LogP contribution in [-0.4, -0.2) is 14.7 Å². The monoisotopic (exact) mass is 184 g/mol. The van der Waals surface area contributed by atoms with Crippen LogP contribution in [0.5, 0.6) is 0 Å². The quantitative estimate of drug-likeness (QED) is 0.711. The second-order valence-electron chi connectivity index (χ2n) is 2.35. The summed E-state index contributed by atoms with van der Waals surface area (Å²) in [6.45, 7) is 0. The van der Waals surface area contributed by atoms with E-state index in [4.69, 9.17) is 5.53 Å². The molecule has 0 aromatic heterocycles. The molecule has 0 aliphatic rings. The minimum absolute atomic E-state index is 0.0972. The van der Waals surface area contributed by atoms with Crippen molar-refractivity contribution in [3.05, 3.63) is 24.3 Å². The summed E-state index contributed by atoms with van der Waals surface area (Å²) in [7, 11) is -3.26. The standard InChI is InChI=1S/C7H8N2O2S/c1-12(10,11)7-5-3-2-4-6(7)9-8/h2-5,8H,1H3. The van der Waals surface area contributed by atoms with E-state index in [1.807, 2.05) is 0 Å². The molecule has 4 nitrogen and oxygen atoms in total. The van der Waals surface area contributed by atoms with E-state index in [1.165, 1.54) is 12.1 Å². The molecule has 0 saturated carbocycles. The second kappa shape index (κ2) is 3.02. The van der Waals surface area contributed by atoms with Crippen LogP contribution < -0.4 is 0 Å². The van der Waals surface area contributed by atoms with Crippen LogP contribution in [0.2, 0.25) is 0 Å². The lowest BCUT2D eigenvalue weighted by atomic mass is 10.3.